The minimum absolute atomic E-state index is 0.0615. The molecule has 0 amide bonds. The largest absolute Gasteiger partial charge is 0.455 e. The summed E-state index contributed by atoms with van der Waals surface area (Å²) in [6.45, 7) is -0.0615. The summed E-state index contributed by atoms with van der Waals surface area (Å²) in [6, 6.07) is 1.64. The van der Waals surface area contributed by atoms with E-state index < -0.39 is 24.1 Å². The van der Waals surface area contributed by atoms with Crippen LogP contribution in [0.15, 0.2) is 21.8 Å². The van der Waals surface area contributed by atoms with E-state index in [1.165, 1.54) is 7.05 Å². The van der Waals surface area contributed by atoms with Crippen molar-refractivity contribution in [1.29, 1.82) is 0 Å². The number of carbonyl (C=O) groups excluding carboxylic acids is 1. The lowest BCUT2D eigenvalue weighted by Crippen LogP contribution is -2.26. The molecule has 2 aromatic heterocycles. The predicted molar refractivity (Wildman–Crippen MR) is 91.1 cm³/mol. The van der Waals surface area contributed by atoms with Crippen LogP contribution < -0.4 is 10.9 Å². The third kappa shape index (κ3) is 3.55. The van der Waals surface area contributed by atoms with Gasteiger partial charge in [0.15, 0.2) is 5.65 Å². The molecule has 1 aliphatic rings. The molecule has 10 nitrogen and oxygen atoms in total. The van der Waals surface area contributed by atoms with Crippen LogP contribution in [0.1, 0.15) is 12.6 Å². The van der Waals surface area contributed by atoms with Crippen molar-refractivity contribution in [1.82, 2.24) is 14.5 Å². The zero-order chi connectivity index (χ0) is 18.0. The van der Waals surface area contributed by atoms with Crippen molar-refractivity contribution in [3.8, 4) is 0 Å². The SMILES string of the molecule is CN=PC(=O)OCC1OC(n2ccc3c(=O)[nH]c(NC)nc32)C[C@H]1O. The lowest BCUT2D eigenvalue weighted by atomic mass is 10.2. The molecule has 134 valence electrons. The zero-order valence-corrected chi connectivity index (χ0v) is 14.6. The van der Waals surface area contributed by atoms with E-state index in [2.05, 4.69) is 20.0 Å². The van der Waals surface area contributed by atoms with Gasteiger partial charge < -0.3 is 24.5 Å². The molecule has 0 saturated carbocycles. The summed E-state index contributed by atoms with van der Waals surface area (Å²) in [7, 11) is 3.36. The molecule has 0 bridgehead atoms. The third-order valence-electron chi connectivity index (χ3n) is 3.89. The number of aromatic nitrogens is 3. The molecule has 2 aromatic rings. The van der Waals surface area contributed by atoms with Crippen LogP contribution in [-0.4, -0.2) is 58.3 Å². The fourth-order valence-corrected chi connectivity index (χ4v) is 2.99. The van der Waals surface area contributed by atoms with Gasteiger partial charge in [0.1, 0.15) is 27.3 Å². The molecule has 0 radical (unpaired) electrons. The van der Waals surface area contributed by atoms with Gasteiger partial charge in [-0.1, -0.05) is 0 Å². The second-order valence-corrected chi connectivity index (χ2v) is 6.40. The number of hydrogen-bond acceptors (Lipinski definition) is 8. The van der Waals surface area contributed by atoms with E-state index >= 15 is 0 Å². The van der Waals surface area contributed by atoms with Gasteiger partial charge in [-0.05, 0) is 6.07 Å². The summed E-state index contributed by atoms with van der Waals surface area (Å²) in [4.78, 5) is 30.4. The van der Waals surface area contributed by atoms with Crippen LogP contribution in [0, 0.1) is 0 Å². The van der Waals surface area contributed by atoms with Crippen molar-refractivity contribution < 1.29 is 19.4 Å². The van der Waals surface area contributed by atoms with Gasteiger partial charge in [0.05, 0.1) is 11.5 Å². The Hall–Kier alpha value is -2.29. The Balaban J connectivity index is 1.79. The van der Waals surface area contributed by atoms with Gasteiger partial charge in [-0.2, -0.15) is 4.98 Å². The number of rotatable bonds is 5. The number of aliphatic hydroxyl groups excluding tert-OH is 1. The first-order valence-corrected chi connectivity index (χ1v) is 8.47. The number of H-pyrrole nitrogens is 1. The molecule has 0 spiro atoms. The first-order valence-electron chi connectivity index (χ1n) is 7.62. The van der Waals surface area contributed by atoms with E-state index in [1.54, 1.807) is 23.9 Å². The fraction of sp³-hybridized carbons (Fsp3) is 0.500. The van der Waals surface area contributed by atoms with E-state index in [1.807, 2.05) is 0 Å². The topological polar surface area (TPSA) is 131 Å². The Labute approximate surface area is 144 Å². The summed E-state index contributed by atoms with van der Waals surface area (Å²) in [6.07, 6.45) is 0.0295. The van der Waals surface area contributed by atoms with E-state index in [9.17, 15) is 14.7 Å². The number of hydrogen-bond donors (Lipinski definition) is 3. The standard InChI is InChI=1S/C14H18N5O5P/c1-15-13-17-11-7(12(21)18-13)3-4-19(11)10-5-8(20)9(24-10)6-23-14(22)25-16-2/h3-4,8-10,20H,5-6H2,1-2H3,(H2,15,17,18,21)/t8-,9?,10?/m1/s1. The number of fused-ring (bicyclic) bond motifs is 1. The number of aromatic amines is 1. The first kappa shape index (κ1) is 17.5. The van der Waals surface area contributed by atoms with Crippen molar-refractivity contribution in [2.45, 2.75) is 24.9 Å². The Kier molecular flexibility index (Phi) is 5.12. The van der Waals surface area contributed by atoms with Crippen LogP contribution in [0.2, 0.25) is 0 Å². The van der Waals surface area contributed by atoms with Crippen LogP contribution in [0.25, 0.3) is 11.0 Å². The highest BCUT2D eigenvalue weighted by molar-refractivity contribution is 7.47. The molecule has 11 heteroatoms. The molecule has 1 saturated heterocycles. The molecule has 0 aliphatic carbocycles. The average Bonchev–Trinajstić information content (AvgIpc) is 3.16. The fourth-order valence-electron chi connectivity index (χ4n) is 2.69. The van der Waals surface area contributed by atoms with E-state index in [-0.39, 0.29) is 20.5 Å². The van der Waals surface area contributed by atoms with Gasteiger partial charge in [-0.25, -0.2) is 4.79 Å². The first-order chi connectivity index (χ1) is 12.0. The van der Waals surface area contributed by atoms with Gasteiger partial charge in [0, 0.05) is 26.7 Å². The minimum Gasteiger partial charge on any atom is -0.455 e. The van der Waals surface area contributed by atoms with E-state index in [0.717, 1.165) is 0 Å². The molecule has 3 N–H and O–H groups in total. The number of ether oxygens (including phenoxy) is 2. The summed E-state index contributed by atoms with van der Waals surface area (Å²) in [5.74, 6) is 0.337. The summed E-state index contributed by atoms with van der Waals surface area (Å²) < 4.78 is 16.2. The van der Waals surface area contributed by atoms with Gasteiger partial charge in [-0.3, -0.25) is 14.5 Å². The Morgan fingerprint density at radius 2 is 2.48 bits per heavy atom. The number of nitrogens with zero attached hydrogens (tertiary/aromatic N) is 3. The van der Waals surface area contributed by atoms with Gasteiger partial charge in [0.25, 0.3) is 5.56 Å². The number of carbonyl (C=O) groups is 1. The molecule has 1 fully saturated rings. The second-order valence-electron chi connectivity index (χ2n) is 5.43. The predicted octanol–water partition coefficient (Wildman–Crippen LogP) is 1.31. The smallest absolute Gasteiger partial charge is 0.375 e. The maximum atomic E-state index is 12.0. The Morgan fingerprint density at radius 1 is 1.68 bits per heavy atom. The normalized spacial score (nSPS) is 23.4. The quantitative estimate of drug-likeness (QED) is 0.679. The average molecular weight is 367 g/mol. The third-order valence-corrected chi connectivity index (χ3v) is 4.38. The molecular weight excluding hydrogens is 349 g/mol. The maximum absolute atomic E-state index is 12.0. The molecule has 0 aromatic carbocycles. The molecular formula is C14H18N5O5P. The second kappa shape index (κ2) is 7.30. The molecule has 2 unspecified atom stereocenters. The van der Waals surface area contributed by atoms with Crippen LogP contribution >= 0.6 is 8.37 Å². The lowest BCUT2D eigenvalue weighted by molar-refractivity contribution is -0.0434. The number of nitrogens with one attached hydrogen (secondary N) is 2. The maximum Gasteiger partial charge on any atom is 0.375 e. The number of aliphatic hydroxyl groups is 1. The highest BCUT2D eigenvalue weighted by Crippen LogP contribution is 2.31. The molecule has 3 rings (SSSR count). The molecule has 3 atom stereocenters. The van der Waals surface area contributed by atoms with Crippen molar-refractivity contribution >= 4 is 31.1 Å². The van der Waals surface area contributed by atoms with Crippen LogP contribution in [0.3, 0.4) is 0 Å². The zero-order valence-electron chi connectivity index (χ0n) is 13.7. The summed E-state index contributed by atoms with van der Waals surface area (Å²) >= 11 is 0. The van der Waals surface area contributed by atoms with Crippen molar-refractivity contribution in [3.05, 3.63) is 22.6 Å². The Bertz CT molecular complexity index is 863. The van der Waals surface area contributed by atoms with Crippen LogP contribution in [-0.2, 0) is 9.47 Å². The molecule has 3 heterocycles. The monoisotopic (exact) mass is 367 g/mol. The van der Waals surface area contributed by atoms with Crippen LogP contribution in [0.4, 0.5) is 10.7 Å². The highest BCUT2D eigenvalue weighted by Gasteiger charge is 2.36. The van der Waals surface area contributed by atoms with Gasteiger partial charge in [0.2, 0.25) is 5.95 Å². The Morgan fingerprint density at radius 3 is 3.20 bits per heavy atom. The summed E-state index contributed by atoms with van der Waals surface area (Å²) in [5, 5.41) is 13.4. The lowest BCUT2D eigenvalue weighted by Gasteiger charge is -2.15. The molecule has 25 heavy (non-hydrogen) atoms. The molecule has 1 aliphatic heterocycles. The van der Waals surface area contributed by atoms with Crippen molar-refractivity contribution in [3.63, 3.8) is 0 Å². The number of anilines is 1. The highest BCUT2D eigenvalue weighted by atomic mass is 31.1. The van der Waals surface area contributed by atoms with Crippen molar-refractivity contribution in [2.75, 3.05) is 26.0 Å². The van der Waals surface area contributed by atoms with Gasteiger partial charge in [-0.15, -0.1) is 0 Å². The minimum atomic E-state index is -0.795. The van der Waals surface area contributed by atoms with Crippen molar-refractivity contribution in [2.24, 2.45) is 4.74 Å². The van der Waals surface area contributed by atoms with Crippen LogP contribution in [0.5, 0.6) is 0 Å². The summed E-state index contributed by atoms with van der Waals surface area (Å²) in [5.41, 5.74) is -0.314. The van der Waals surface area contributed by atoms with E-state index in [4.69, 9.17) is 9.47 Å². The van der Waals surface area contributed by atoms with Gasteiger partial charge >= 0.3 is 5.71 Å². The van der Waals surface area contributed by atoms with E-state index in [0.29, 0.717) is 23.4 Å².